The third-order valence-electron chi connectivity index (χ3n) is 2.51. The highest BCUT2D eigenvalue weighted by molar-refractivity contribution is 7.89. The number of rotatable bonds is 7. The minimum Gasteiger partial charge on any atom is -0.343 e. The molecule has 0 fully saturated rings. The van der Waals surface area contributed by atoms with Crippen LogP contribution in [0.25, 0.3) is 0 Å². The largest absolute Gasteiger partial charge is 0.343 e. The number of carbonyl (C=O) groups is 1. The number of nitrogens with zero attached hydrogens (tertiary/aromatic N) is 2. The molecule has 0 bridgehead atoms. The van der Waals surface area contributed by atoms with E-state index in [1.165, 1.54) is 12.5 Å². The molecule has 0 atom stereocenters. The number of hydrogen-bond acceptors (Lipinski definition) is 4. The van der Waals surface area contributed by atoms with Gasteiger partial charge in [0.1, 0.15) is 0 Å². The molecule has 7 nitrogen and oxygen atoms in total. The Morgan fingerprint density at radius 3 is 2.61 bits per heavy atom. The molecular weight excluding hydrogens is 256 g/mol. The molecule has 0 aliphatic heterocycles. The van der Waals surface area contributed by atoms with Crippen LogP contribution in [0.1, 0.15) is 20.3 Å². The van der Waals surface area contributed by atoms with Crippen molar-refractivity contribution >= 4 is 15.9 Å². The molecule has 0 aromatic carbocycles. The maximum Gasteiger partial charge on any atom is 0.257 e. The molecule has 1 rings (SSSR count). The first-order valence-electron chi connectivity index (χ1n) is 5.77. The van der Waals surface area contributed by atoms with Gasteiger partial charge in [0, 0.05) is 26.1 Å². The fraction of sp³-hybridized carbons (Fsp3) is 0.600. The van der Waals surface area contributed by atoms with Crippen molar-refractivity contribution in [2.45, 2.75) is 25.3 Å². The van der Waals surface area contributed by atoms with Gasteiger partial charge in [-0.25, -0.2) is 18.1 Å². The van der Waals surface area contributed by atoms with E-state index in [1.54, 1.807) is 4.90 Å². The second-order valence-corrected chi connectivity index (χ2v) is 5.37. The summed E-state index contributed by atoms with van der Waals surface area (Å²) >= 11 is 0. The van der Waals surface area contributed by atoms with Crippen LogP contribution in [0.2, 0.25) is 0 Å². The molecule has 0 spiro atoms. The first-order valence-corrected chi connectivity index (χ1v) is 7.25. The number of aromatic amines is 1. The van der Waals surface area contributed by atoms with E-state index in [9.17, 15) is 13.2 Å². The summed E-state index contributed by atoms with van der Waals surface area (Å²) in [5.41, 5.74) is 0. The molecular formula is C10H18N4O3S. The number of aromatic nitrogens is 2. The van der Waals surface area contributed by atoms with Crippen LogP contribution in [0.3, 0.4) is 0 Å². The molecule has 1 aromatic heterocycles. The smallest absolute Gasteiger partial charge is 0.257 e. The molecule has 1 amide bonds. The van der Waals surface area contributed by atoms with Crippen molar-refractivity contribution in [1.29, 1.82) is 0 Å². The molecule has 8 heteroatoms. The summed E-state index contributed by atoms with van der Waals surface area (Å²) in [7, 11) is -3.59. The van der Waals surface area contributed by atoms with E-state index < -0.39 is 10.0 Å². The van der Waals surface area contributed by atoms with E-state index in [2.05, 4.69) is 14.7 Å². The minimum absolute atomic E-state index is 0.00205. The molecule has 0 aliphatic carbocycles. The van der Waals surface area contributed by atoms with E-state index in [-0.39, 0.29) is 23.9 Å². The summed E-state index contributed by atoms with van der Waals surface area (Å²) < 4.78 is 25.7. The summed E-state index contributed by atoms with van der Waals surface area (Å²) in [4.78, 5) is 19.4. The SMILES string of the molecule is CCN(CC)C(=O)CCNS(=O)(=O)c1cnc[nH]1. The first-order chi connectivity index (χ1) is 8.51. The van der Waals surface area contributed by atoms with Crippen molar-refractivity contribution in [2.75, 3.05) is 19.6 Å². The maximum absolute atomic E-state index is 11.7. The Morgan fingerprint density at radius 2 is 2.11 bits per heavy atom. The lowest BCUT2D eigenvalue weighted by Gasteiger charge is -2.18. The minimum atomic E-state index is -3.59. The van der Waals surface area contributed by atoms with Crippen LogP contribution in [0.15, 0.2) is 17.6 Å². The standard InChI is InChI=1S/C10H18N4O3S/c1-3-14(4-2)10(15)5-6-13-18(16,17)9-7-11-8-12-9/h7-8,13H,3-6H2,1-2H3,(H,11,12). The van der Waals surface area contributed by atoms with Gasteiger partial charge in [-0.3, -0.25) is 4.79 Å². The van der Waals surface area contributed by atoms with Crippen LogP contribution in [0.4, 0.5) is 0 Å². The number of carbonyl (C=O) groups excluding carboxylic acids is 1. The topological polar surface area (TPSA) is 95.2 Å². The van der Waals surface area contributed by atoms with Crippen molar-refractivity contribution in [3.63, 3.8) is 0 Å². The summed E-state index contributed by atoms with van der Waals surface area (Å²) in [6.45, 7) is 5.11. The van der Waals surface area contributed by atoms with Crippen molar-refractivity contribution in [3.8, 4) is 0 Å². The van der Waals surface area contributed by atoms with Gasteiger partial charge in [-0.2, -0.15) is 0 Å². The number of nitrogens with one attached hydrogen (secondary N) is 2. The predicted octanol–water partition coefficient (Wildman–Crippen LogP) is -0.0535. The second kappa shape index (κ2) is 6.50. The third kappa shape index (κ3) is 3.81. The number of imidazole rings is 1. The summed E-state index contributed by atoms with van der Waals surface area (Å²) in [5, 5.41) is -0.00205. The number of amides is 1. The zero-order chi connectivity index (χ0) is 13.6. The van der Waals surface area contributed by atoms with Gasteiger partial charge in [0.05, 0.1) is 12.5 Å². The fourth-order valence-electron chi connectivity index (χ4n) is 1.49. The molecule has 2 N–H and O–H groups in total. The zero-order valence-corrected chi connectivity index (χ0v) is 11.3. The maximum atomic E-state index is 11.7. The van der Waals surface area contributed by atoms with Gasteiger partial charge < -0.3 is 9.88 Å². The van der Waals surface area contributed by atoms with Crippen molar-refractivity contribution < 1.29 is 13.2 Å². The molecule has 0 saturated carbocycles. The van der Waals surface area contributed by atoms with Crippen molar-refractivity contribution in [1.82, 2.24) is 19.6 Å². The fourth-order valence-corrected chi connectivity index (χ4v) is 2.43. The number of sulfonamides is 1. The lowest BCUT2D eigenvalue weighted by atomic mass is 10.3. The van der Waals surface area contributed by atoms with E-state index in [4.69, 9.17) is 0 Å². The Kier molecular flexibility index (Phi) is 5.29. The van der Waals surface area contributed by atoms with Crippen LogP contribution in [0, 0.1) is 0 Å². The first kappa shape index (κ1) is 14.7. The molecule has 102 valence electrons. The molecule has 18 heavy (non-hydrogen) atoms. The van der Waals surface area contributed by atoms with Gasteiger partial charge in [0.2, 0.25) is 5.91 Å². The van der Waals surface area contributed by atoms with Crippen LogP contribution in [-0.2, 0) is 14.8 Å². The Balaban J connectivity index is 2.45. The van der Waals surface area contributed by atoms with Crippen LogP contribution >= 0.6 is 0 Å². The third-order valence-corrected chi connectivity index (χ3v) is 3.90. The Bertz CT molecular complexity index is 465. The summed E-state index contributed by atoms with van der Waals surface area (Å²) in [5.74, 6) is -0.0627. The molecule has 1 heterocycles. The highest BCUT2D eigenvalue weighted by atomic mass is 32.2. The lowest BCUT2D eigenvalue weighted by molar-refractivity contribution is -0.130. The normalized spacial score (nSPS) is 11.4. The zero-order valence-electron chi connectivity index (χ0n) is 10.5. The summed E-state index contributed by atoms with van der Waals surface area (Å²) in [6.07, 6.45) is 2.65. The van der Waals surface area contributed by atoms with Gasteiger partial charge in [-0.05, 0) is 13.8 Å². The highest BCUT2D eigenvalue weighted by Crippen LogP contribution is 2.02. The van der Waals surface area contributed by atoms with Crippen molar-refractivity contribution in [2.24, 2.45) is 0 Å². The average Bonchev–Trinajstić information content (AvgIpc) is 2.84. The van der Waals surface area contributed by atoms with Gasteiger partial charge in [0.25, 0.3) is 10.0 Å². The predicted molar refractivity (Wildman–Crippen MR) is 66.3 cm³/mol. The van der Waals surface area contributed by atoms with E-state index in [1.807, 2.05) is 13.8 Å². The number of H-pyrrole nitrogens is 1. The number of hydrogen-bond donors (Lipinski definition) is 2. The molecule has 0 aliphatic rings. The lowest BCUT2D eigenvalue weighted by Crippen LogP contribution is -2.34. The van der Waals surface area contributed by atoms with Gasteiger partial charge in [0.15, 0.2) is 5.03 Å². The van der Waals surface area contributed by atoms with Crippen molar-refractivity contribution in [3.05, 3.63) is 12.5 Å². The highest BCUT2D eigenvalue weighted by Gasteiger charge is 2.16. The van der Waals surface area contributed by atoms with Gasteiger partial charge in [-0.1, -0.05) is 0 Å². The van der Waals surface area contributed by atoms with Gasteiger partial charge >= 0.3 is 0 Å². The van der Waals surface area contributed by atoms with E-state index >= 15 is 0 Å². The monoisotopic (exact) mass is 274 g/mol. The quantitative estimate of drug-likeness (QED) is 0.728. The van der Waals surface area contributed by atoms with Crippen LogP contribution < -0.4 is 4.72 Å². The van der Waals surface area contributed by atoms with Crippen LogP contribution in [-0.4, -0.2) is 48.8 Å². The van der Waals surface area contributed by atoms with Gasteiger partial charge in [-0.15, -0.1) is 0 Å². The second-order valence-electron chi connectivity index (χ2n) is 3.63. The van der Waals surface area contributed by atoms with E-state index in [0.717, 1.165) is 0 Å². The molecule has 0 unspecified atom stereocenters. The summed E-state index contributed by atoms with van der Waals surface area (Å²) in [6, 6.07) is 0. The molecule has 1 aromatic rings. The van der Waals surface area contributed by atoms with E-state index in [0.29, 0.717) is 13.1 Å². The average molecular weight is 274 g/mol. The molecule has 0 saturated heterocycles. The Morgan fingerprint density at radius 1 is 1.44 bits per heavy atom. The Labute approximate surface area is 107 Å². The Hall–Kier alpha value is -1.41. The molecule has 0 radical (unpaired) electrons. The van der Waals surface area contributed by atoms with Crippen LogP contribution in [0.5, 0.6) is 0 Å².